The van der Waals surface area contributed by atoms with Gasteiger partial charge in [0, 0.05) is 12.6 Å². The van der Waals surface area contributed by atoms with Crippen LogP contribution in [-0.4, -0.2) is 39.6 Å². The Kier molecular flexibility index (Phi) is 4.22. The second kappa shape index (κ2) is 6.60. The van der Waals surface area contributed by atoms with Gasteiger partial charge in [-0.3, -0.25) is 19.3 Å². The Bertz CT molecular complexity index is 1080. The molecule has 1 atom stereocenters. The Labute approximate surface area is 161 Å². The summed E-state index contributed by atoms with van der Waals surface area (Å²) >= 11 is 0. The number of aromatic amines is 1. The average Bonchev–Trinajstić information content (AvgIpc) is 3.21. The number of imide groups is 1. The lowest BCUT2D eigenvalue weighted by molar-refractivity contribution is 0.0693. The summed E-state index contributed by atoms with van der Waals surface area (Å²) < 4.78 is 0. The molecule has 0 saturated carbocycles. The Morgan fingerprint density at radius 3 is 2.50 bits per heavy atom. The molecule has 3 aromatic rings. The number of fused-ring (bicyclic) bond motifs is 2. The van der Waals surface area contributed by atoms with E-state index in [-0.39, 0.29) is 29.3 Å². The first-order valence-corrected chi connectivity index (χ1v) is 9.08. The molecule has 0 aliphatic carbocycles. The van der Waals surface area contributed by atoms with Gasteiger partial charge in [0.15, 0.2) is 0 Å². The molecule has 0 fully saturated rings. The molecule has 1 aromatic heterocycles. The predicted octanol–water partition coefficient (Wildman–Crippen LogP) is 2.92. The van der Waals surface area contributed by atoms with Crippen LogP contribution in [0.5, 0.6) is 0 Å². The van der Waals surface area contributed by atoms with E-state index in [1.807, 2.05) is 38.1 Å². The van der Waals surface area contributed by atoms with Crippen molar-refractivity contribution in [3.8, 4) is 0 Å². The van der Waals surface area contributed by atoms with Crippen molar-refractivity contribution in [3.63, 3.8) is 0 Å². The van der Waals surface area contributed by atoms with Gasteiger partial charge in [0.25, 0.3) is 17.7 Å². The lowest BCUT2D eigenvalue weighted by atomic mass is 10.0. The summed E-state index contributed by atoms with van der Waals surface area (Å²) in [5.41, 5.74) is 2.65. The van der Waals surface area contributed by atoms with Crippen LogP contribution < -0.4 is 5.32 Å². The van der Waals surface area contributed by atoms with Crippen molar-refractivity contribution in [1.82, 2.24) is 20.2 Å². The summed E-state index contributed by atoms with van der Waals surface area (Å²) in [6, 6.07) is 11.9. The van der Waals surface area contributed by atoms with Crippen LogP contribution in [0.4, 0.5) is 0 Å². The minimum absolute atomic E-state index is 0.0910. The zero-order valence-electron chi connectivity index (χ0n) is 15.8. The molecule has 28 heavy (non-hydrogen) atoms. The largest absolute Gasteiger partial charge is 0.342 e. The van der Waals surface area contributed by atoms with Gasteiger partial charge in [-0.1, -0.05) is 26.0 Å². The number of amides is 3. The smallest absolute Gasteiger partial charge is 0.261 e. The van der Waals surface area contributed by atoms with E-state index >= 15 is 0 Å². The monoisotopic (exact) mass is 376 g/mol. The van der Waals surface area contributed by atoms with E-state index in [4.69, 9.17) is 0 Å². The summed E-state index contributed by atoms with van der Waals surface area (Å²) in [4.78, 5) is 46.0. The Morgan fingerprint density at radius 2 is 1.79 bits per heavy atom. The number of rotatable bonds is 4. The van der Waals surface area contributed by atoms with Gasteiger partial charge in [0.05, 0.1) is 28.2 Å². The highest BCUT2D eigenvalue weighted by molar-refractivity contribution is 6.21. The van der Waals surface area contributed by atoms with Gasteiger partial charge in [-0.05, 0) is 36.2 Å². The zero-order valence-corrected chi connectivity index (χ0v) is 15.8. The fraction of sp³-hybridized carbons (Fsp3) is 0.238. The van der Waals surface area contributed by atoms with Crippen LogP contribution in [0.25, 0.3) is 11.0 Å². The van der Waals surface area contributed by atoms with Gasteiger partial charge in [0.1, 0.15) is 5.82 Å². The highest BCUT2D eigenvalue weighted by Gasteiger charge is 2.33. The van der Waals surface area contributed by atoms with E-state index in [1.165, 1.54) is 19.2 Å². The van der Waals surface area contributed by atoms with E-state index in [0.717, 1.165) is 15.9 Å². The topological polar surface area (TPSA) is 95.2 Å². The number of carbonyl (C=O) groups is 3. The minimum Gasteiger partial charge on any atom is -0.342 e. The SMILES string of the molecule is CC(C)C(NC(=O)c1ccc2c(c1)C(=O)N(C)C2=O)c1nc2ccccc2[nH]1. The lowest BCUT2D eigenvalue weighted by Crippen LogP contribution is -2.32. The van der Waals surface area contributed by atoms with Crippen molar-refractivity contribution in [2.45, 2.75) is 19.9 Å². The third-order valence-electron chi connectivity index (χ3n) is 5.01. The molecule has 0 spiro atoms. The van der Waals surface area contributed by atoms with Crippen LogP contribution in [-0.2, 0) is 0 Å². The molecule has 7 heteroatoms. The molecule has 2 heterocycles. The van der Waals surface area contributed by atoms with Crippen molar-refractivity contribution in [3.05, 3.63) is 65.0 Å². The van der Waals surface area contributed by atoms with E-state index < -0.39 is 5.91 Å². The van der Waals surface area contributed by atoms with Gasteiger partial charge in [0.2, 0.25) is 0 Å². The second-order valence-corrected chi connectivity index (χ2v) is 7.26. The molecule has 3 amide bonds. The molecule has 0 saturated heterocycles. The maximum atomic E-state index is 12.9. The van der Waals surface area contributed by atoms with Gasteiger partial charge < -0.3 is 10.3 Å². The van der Waals surface area contributed by atoms with Gasteiger partial charge in [-0.25, -0.2) is 4.98 Å². The van der Waals surface area contributed by atoms with Crippen LogP contribution in [0.3, 0.4) is 0 Å². The number of hydrogen-bond acceptors (Lipinski definition) is 4. The fourth-order valence-corrected chi connectivity index (χ4v) is 3.40. The van der Waals surface area contributed by atoms with Gasteiger partial charge in [-0.2, -0.15) is 0 Å². The molecular formula is C21H20N4O3. The van der Waals surface area contributed by atoms with Crippen LogP contribution in [0.15, 0.2) is 42.5 Å². The Balaban J connectivity index is 1.63. The Hall–Kier alpha value is -3.48. The van der Waals surface area contributed by atoms with Crippen LogP contribution in [0.2, 0.25) is 0 Å². The summed E-state index contributed by atoms with van der Waals surface area (Å²) in [6.07, 6.45) is 0. The van der Waals surface area contributed by atoms with Crippen LogP contribution in [0.1, 0.15) is 56.8 Å². The number of para-hydroxylation sites is 2. The van der Waals surface area contributed by atoms with E-state index in [1.54, 1.807) is 6.07 Å². The molecule has 4 rings (SSSR count). The molecule has 2 aromatic carbocycles. The van der Waals surface area contributed by atoms with Crippen molar-refractivity contribution in [2.75, 3.05) is 7.05 Å². The molecule has 1 aliphatic heterocycles. The third kappa shape index (κ3) is 2.85. The molecule has 142 valence electrons. The summed E-state index contributed by atoms with van der Waals surface area (Å²) in [6.45, 7) is 4.00. The predicted molar refractivity (Wildman–Crippen MR) is 104 cm³/mol. The standard InChI is InChI=1S/C21H20N4O3/c1-11(2)17(18-22-15-6-4-5-7-16(15)23-18)24-19(26)12-8-9-13-14(10-12)21(28)25(3)20(13)27/h4-11,17H,1-3H3,(H,22,23)(H,24,26). The molecular weight excluding hydrogens is 356 g/mol. The van der Waals surface area contributed by atoms with E-state index in [2.05, 4.69) is 15.3 Å². The highest BCUT2D eigenvalue weighted by Crippen LogP contribution is 2.25. The van der Waals surface area contributed by atoms with Crippen LogP contribution >= 0.6 is 0 Å². The molecule has 7 nitrogen and oxygen atoms in total. The number of carbonyl (C=O) groups excluding carboxylic acids is 3. The number of aromatic nitrogens is 2. The quantitative estimate of drug-likeness (QED) is 0.685. The summed E-state index contributed by atoms with van der Waals surface area (Å²) in [5, 5.41) is 3.00. The molecule has 0 bridgehead atoms. The number of nitrogens with one attached hydrogen (secondary N) is 2. The first-order chi connectivity index (χ1) is 13.4. The maximum absolute atomic E-state index is 12.9. The number of benzene rings is 2. The molecule has 1 unspecified atom stereocenters. The third-order valence-corrected chi connectivity index (χ3v) is 5.01. The zero-order chi connectivity index (χ0) is 20.0. The second-order valence-electron chi connectivity index (χ2n) is 7.26. The fourth-order valence-electron chi connectivity index (χ4n) is 3.40. The summed E-state index contributed by atoms with van der Waals surface area (Å²) in [5.74, 6) is -0.302. The van der Waals surface area contributed by atoms with Gasteiger partial charge >= 0.3 is 0 Å². The number of H-pyrrole nitrogens is 1. The number of imidazole rings is 1. The van der Waals surface area contributed by atoms with Crippen molar-refractivity contribution < 1.29 is 14.4 Å². The highest BCUT2D eigenvalue weighted by atomic mass is 16.2. The normalized spacial score (nSPS) is 14.6. The molecule has 0 radical (unpaired) electrons. The Morgan fingerprint density at radius 1 is 1.07 bits per heavy atom. The number of hydrogen-bond donors (Lipinski definition) is 2. The molecule has 2 N–H and O–H groups in total. The first-order valence-electron chi connectivity index (χ1n) is 9.08. The minimum atomic E-state index is -0.396. The van der Waals surface area contributed by atoms with Crippen molar-refractivity contribution in [1.29, 1.82) is 0 Å². The van der Waals surface area contributed by atoms with Gasteiger partial charge in [-0.15, -0.1) is 0 Å². The van der Waals surface area contributed by atoms with Crippen LogP contribution in [0, 0.1) is 5.92 Å². The molecule has 1 aliphatic rings. The first kappa shape index (κ1) is 17.9. The van der Waals surface area contributed by atoms with Crippen molar-refractivity contribution >= 4 is 28.8 Å². The van der Waals surface area contributed by atoms with E-state index in [9.17, 15) is 14.4 Å². The van der Waals surface area contributed by atoms with E-state index in [0.29, 0.717) is 17.0 Å². The average molecular weight is 376 g/mol. The summed E-state index contributed by atoms with van der Waals surface area (Å²) in [7, 11) is 1.43. The van der Waals surface area contributed by atoms with Crippen molar-refractivity contribution in [2.24, 2.45) is 5.92 Å². The maximum Gasteiger partial charge on any atom is 0.261 e. The lowest BCUT2D eigenvalue weighted by Gasteiger charge is -2.20. The number of nitrogens with zero attached hydrogens (tertiary/aromatic N) is 2.